The number of carbonyl (C=O) groups excluding carboxylic acids is 1. The van der Waals surface area contributed by atoms with Gasteiger partial charge in [0, 0.05) is 36.4 Å². The summed E-state index contributed by atoms with van der Waals surface area (Å²) in [6.07, 6.45) is 5.08. The molecule has 10 nitrogen and oxygen atoms in total. The number of carbonyl (C=O) groups is 1. The van der Waals surface area contributed by atoms with E-state index in [2.05, 4.69) is 25.6 Å². The molecule has 1 saturated carbocycles. The zero-order valence-corrected chi connectivity index (χ0v) is 17.5. The van der Waals surface area contributed by atoms with Gasteiger partial charge in [0.05, 0.1) is 5.52 Å². The third-order valence-corrected chi connectivity index (χ3v) is 5.23. The molecule has 0 bridgehead atoms. The van der Waals surface area contributed by atoms with Crippen molar-refractivity contribution in [2.45, 2.75) is 46.2 Å². The molecule has 31 heavy (non-hydrogen) atoms. The number of nitrogens with zero attached hydrogens (tertiary/aromatic N) is 5. The molecule has 4 heterocycles. The van der Waals surface area contributed by atoms with E-state index in [9.17, 15) is 14.7 Å². The molecule has 1 amide bonds. The minimum Gasteiger partial charge on any atom is -0.492 e. The van der Waals surface area contributed by atoms with E-state index in [0.717, 1.165) is 23.7 Å². The van der Waals surface area contributed by atoms with Crippen LogP contribution in [-0.4, -0.2) is 46.4 Å². The van der Waals surface area contributed by atoms with E-state index in [1.54, 1.807) is 24.5 Å². The predicted octanol–water partition coefficient (Wildman–Crippen LogP) is 2.08. The summed E-state index contributed by atoms with van der Waals surface area (Å²) in [5.41, 5.74) is 1.09. The first-order chi connectivity index (χ1) is 14.7. The van der Waals surface area contributed by atoms with Gasteiger partial charge in [-0.3, -0.25) is 24.2 Å². The zero-order valence-electron chi connectivity index (χ0n) is 17.5. The van der Waals surface area contributed by atoms with E-state index < -0.39 is 17.3 Å². The molecule has 1 aliphatic carbocycles. The van der Waals surface area contributed by atoms with Gasteiger partial charge in [-0.1, -0.05) is 20.8 Å². The maximum atomic E-state index is 13.3. The minimum absolute atomic E-state index is 0.0502. The first-order valence-electron chi connectivity index (χ1n) is 10.2. The maximum absolute atomic E-state index is 13.3. The molecule has 0 unspecified atom stereocenters. The summed E-state index contributed by atoms with van der Waals surface area (Å²) in [6, 6.07) is 3.54. The van der Waals surface area contributed by atoms with Gasteiger partial charge >= 0.3 is 0 Å². The Balaban J connectivity index is 1.75. The van der Waals surface area contributed by atoms with Crippen molar-refractivity contribution in [3.05, 3.63) is 40.4 Å². The van der Waals surface area contributed by atoms with Crippen molar-refractivity contribution in [2.24, 2.45) is 5.41 Å². The topological polar surface area (TPSA) is 130 Å². The van der Waals surface area contributed by atoms with E-state index in [4.69, 9.17) is 0 Å². The first-order valence-corrected chi connectivity index (χ1v) is 10.2. The Hall–Kier alpha value is -3.69. The van der Waals surface area contributed by atoms with Gasteiger partial charge in [0.15, 0.2) is 5.56 Å². The van der Waals surface area contributed by atoms with Crippen LogP contribution in [0.25, 0.3) is 27.9 Å². The number of aromatic amines is 1. The number of aromatic hydroxyl groups is 1. The average molecular weight is 421 g/mol. The van der Waals surface area contributed by atoms with Crippen LogP contribution in [0, 0.1) is 5.41 Å². The van der Waals surface area contributed by atoms with Crippen molar-refractivity contribution in [3.63, 3.8) is 0 Å². The summed E-state index contributed by atoms with van der Waals surface area (Å²) in [7, 11) is 0. The summed E-state index contributed by atoms with van der Waals surface area (Å²) < 4.78 is 2.73. The molecule has 10 heteroatoms. The molecule has 0 atom stereocenters. The predicted molar refractivity (Wildman–Crippen MR) is 114 cm³/mol. The summed E-state index contributed by atoms with van der Waals surface area (Å²) in [5, 5.41) is 26.2. The average Bonchev–Trinajstić information content (AvgIpc) is 3.24. The molecular weight excluding hydrogens is 398 g/mol. The zero-order chi connectivity index (χ0) is 21.9. The van der Waals surface area contributed by atoms with Gasteiger partial charge in [-0.2, -0.15) is 14.7 Å². The molecule has 0 saturated heterocycles. The van der Waals surface area contributed by atoms with Crippen molar-refractivity contribution >= 4 is 22.5 Å². The minimum atomic E-state index is -0.582. The second-order valence-corrected chi connectivity index (χ2v) is 9.19. The van der Waals surface area contributed by atoms with Crippen molar-refractivity contribution in [1.82, 2.24) is 34.7 Å². The van der Waals surface area contributed by atoms with E-state index in [0.29, 0.717) is 23.6 Å². The normalized spacial score (nSPS) is 14.4. The largest absolute Gasteiger partial charge is 0.492 e. The number of fused-ring (bicyclic) bond motifs is 2. The smallest absolute Gasteiger partial charge is 0.270 e. The molecule has 3 N–H and O–H groups in total. The fourth-order valence-electron chi connectivity index (χ4n) is 3.64. The van der Waals surface area contributed by atoms with Crippen LogP contribution in [-0.2, 0) is 6.54 Å². The Morgan fingerprint density at radius 1 is 1.35 bits per heavy atom. The van der Waals surface area contributed by atoms with Gasteiger partial charge < -0.3 is 10.4 Å². The van der Waals surface area contributed by atoms with Crippen LogP contribution < -0.4 is 10.9 Å². The Morgan fingerprint density at radius 2 is 2.13 bits per heavy atom. The van der Waals surface area contributed by atoms with Crippen LogP contribution in [0.3, 0.4) is 0 Å². The molecule has 5 rings (SSSR count). The summed E-state index contributed by atoms with van der Waals surface area (Å²) in [6.45, 7) is 6.33. The van der Waals surface area contributed by atoms with Gasteiger partial charge in [0.25, 0.3) is 11.5 Å². The molecule has 160 valence electrons. The lowest BCUT2D eigenvalue weighted by Gasteiger charge is -2.21. The van der Waals surface area contributed by atoms with Crippen molar-refractivity contribution in [2.75, 3.05) is 0 Å². The van der Waals surface area contributed by atoms with E-state index in [-0.39, 0.29) is 17.0 Å². The van der Waals surface area contributed by atoms with E-state index >= 15 is 0 Å². The lowest BCUT2D eigenvalue weighted by molar-refractivity contribution is 0.0944. The first kappa shape index (κ1) is 19.3. The highest BCUT2D eigenvalue weighted by Crippen LogP contribution is 2.29. The van der Waals surface area contributed by atoms with Crippen molar-refractivity contribution in [3.8, 4) is 17.3 Å². The second kappa shape index (κ2) is 6.66. The van der Waals surface area contributed by atoms with Crippen LogP contribution in [0.2, 0.25) is 0 Å². The third kappa shape index (κ3) is 3.33. The number of nitrogens with one attached hydrogen (secondary N) is 2. The Labute approximate surface area is 176 Å². The van der Waals surface area contributed by atoms with Gasteiger partial charge in [-0.05, 0) is 24.3 Å². The van der Waals surface area contributed by atoms with E-state index in [1.165, 1.54) is 9.08 Å². The Kier molecular flexibility index (Phi) is 4.14. The highest BCUT2D eigenvalue weighted by Gasteiger charge is 2.30. The van der Waals surface area contributed by atoms with Crippen molar-refractivity contribution in [1.29, 1.82) is 0 Å². The molecule has 0 aromatic carbocycles. The SMILES string of the molecule is CC(C)(C)Cn1c(=O)c(C(=O)NC2CC2)c(O)n2nc(-c3n[nH]c4ccncc34)cc12. The van der Waals surface area contributed by atoms with Crippen LogP contribution >= 0.6 is 0 Å². The van der Waals surface area contributed by atoms with Gasteiger partial charge in [-0.15, -0.1) is 0 Å². The van der Waals surface area contributed by atoms with Crippen LogP contribution in [0.5, 0.6) is 5.88 Å². The number of rotatable bonds is 4. The standard InChI is InChI=1S/C21H23N7O3/c1-21(2,3)10-27-15-8-14(17-12-9-22-7-6-13(12)24-25-17)26-28(15)20(31)16(19(27)30)18(29)23-11-4-5-11/h6-9,11,31H,4-5,10H2,1-3H3,(H,23,29)(H,24,25). The number of hydrogen-bond acceptors (Lipinski definition) is 6. The molecule has 0 aliphatic heterocycles. The lowest BCUT2D eigenvalue weighted by Crippen LogP contribution is -2.37. The monoisotopic (exact) mass is 421 g/mol. The highest BCUT2D eigenvalue weighted by atomic mass is 16.3. The Morgan fingerprint density at radius 3 is 2.84 bits per heavy atom. The molecule has 4 aromatic rings. The van der Waals surface area contributed by atoms with Crippen LogP contribution in [0.1, 0.15) is 44.0 Å². The summed E-state index contributed by atoms with van der Waals surface area (Å²) in [4.78, 5) is 30.2. The van der Waals surface area contributed by atoms with E-state index in [1.807, 2.05) is 20.8 Å². The second-order valence-electron chi connectivity index (χ2n) is 9.19. The summed E-state index contributed by atoms with van der Waals surface area (Å²) in [5.74, 6) is -1.06. The van der Waals surface area contributed by atoms with Gasteiger partial charge in [0.1, 0.15) is 17.0 Å². The third-order valence-electron chi connectivity index (χ3n) is 5.23. The quantitative estimate of drug-likeness (QED) is 0.462. The molecule has 4 aromatic heterocycles. The number of hydrogen-bond donors (Lipinski definition) is 3. The van der Waals surface area contributed by atoms with Gasteiger partial charge in [-0.25, -0.2) is 0 Å². The number of H-pyrrole nitrogens is 1. The molecule has 0 radical (unpaired) electrons. The molecule has 1 aliphatic rings. The highest BCUT2D eigenvalue weighted by molar-refractivity contribution is 5.97. The number of pyridine rings is 1. The number of aromatic nitrogens is 6. The Bertz CT molecular complexity index is 1390. The van der Waals surface area contributed by atoms with Crippen molar-refractivity contribution < 1.29 is 9.90 Å². The van der Waals surface area contributed by atoms with Gasteiger partial charge in [0.2, 0.25) is 5.88 Å². The summed E-state index contributed by atoms with van der Waals surface area (Å²) >= 11 is 0. The van der Waals surface area contributed by atoms with Crippen LogP contribution in [0.15, 0.2) is 29.3 Å². The molecule has 1 fully saturated rings. The molecular formula is C21H23N7O3. The molecule has 0 spiro atoms. The number of amides is 1. The van der Waals surface area contributed by atoms with Crippen LogP contribution in [0.4, 0.5) is 0 Å². The fourth-order valence-corrected chi connectivity index (χ4v) is 3.64. The fraction of sp³-hybridized carbons (Fsp3) is 0.381. The lowest BCUT2D eigenvalue weighted by atomic mass is 9.97. The maximum Gasteiger partial charge on any atom is 0.270 e.